The summed E-state index contributed by atoms with van der Waals surface area (Å²) < 4.78 is 38.1. The summed E-state index contributed by atoms with van der Waals surface area (Å²) in [5, 5.41) is 0. The minimum atomic E-state index is -4.05. The summed E-state index contributed by atoms with van der Waals surface area (Å²) in [5.41, 5.74) is -0.174. The Morgan fingerprint density at radius 1 is 1.12 bits per heavy atom. The van der Waals surface area contributed by atoms with Gasteiger partial charge in [-0.25, -0.2) is 0 Å². The molecule has 0 bridgehead atoms. The van der Waals surface area contributed by atoms with Gasteiger partial charge in [0.25, 0.3) is 0 Å². The fourth-order valence-electron chi connectivity index (χ4n) is 3.24. The second kappa shape index (κ2) is 4.04. The number of alkyl halides is 3. The third kappa shape index (κ3) is 2.41. The molecule has 2 rings (SSSR count). The smallest absolute Gasteiger partial charge is 0.300 e. The molecular weight excluding hydrogens is 217 g/mol. The van der Waals surface area contributed by atoms with Crippen molar-refractivity contribution in [2.75, 3.05) is 0 Å². The van der Waals surface area contributed by atoms with Crippen LogP contribution in [0.2, 0.25) is 0 Å². The van der Waals surface area contributed by atoms with Crippen molar-refractivity contribution in [2.45, 2.75) is 57.5 Å². The van der Waals surface area contributed by atoms with E-state index in [-0.39, 0.29) is 24.0 Å². The van der Waals surface area contributed by atoms with Gasteiger partial charge in [-0.2, -0.15) is 13.2 Å². The summed E-state index contributed by atoms with van der Waals surface area (Å²) in [6, 6.07) is 0. The molecule has 16 heavy (non-hydrogen) atoms. The van der Waals surface area contributed by atoms with Gasteiger partial charge in [0.05, 0.1) is 5.92 Å². The molecule has 0 aliphatic heterocycles. The van der Waals surface area contributed by atoms with Crippen LogP contribution in [-0.2, 0) is 4.79 Å². The first-order valence-electron chi connectivity index (χ1n) is 6.00. The Balaban J connectivity index is 2.03. The molecule has 0 N–H and O–H groups in total. The highest BCUT2D eigenvalue weighted by atomic mass is 19.4. The largest absolute Gasteiger partial charge is 0.391 e. The van der Waals surface area contributed by atoms with E-state index in [1.807, 2.05) is 0 Å². The number of halogens is 3. The lowest BCUT2D eigenvalue weighted by Gasteiger charge is -2.43. The van der Waals surface area contributed by atoms with Crippen molar-refractivity contribution in [1.29, 1.82) is 0 Å². The van der Waals surface area contributed by atoms with E-state index in [4.69, 9.17) is 0 Å². The van der Waals surface area contributed by atoms with Crippen LogP contribution in [0.4, 0.5) is 13.2 Å². The van der Waals surface area contributed by atoms with Crippen LogP contribution in [-0.4, -0.2) is 12.0 Å². The van der Waals surface area contributed by atoms with Crippen LogP contribution in [0, 0.1) is 11.3 Å². The molecule has 0 radical (unpaired) electrons. The fourth-order valence-corrected chi connectivity index (χ4v) is 3.24. The molecule has 2 fully saturated rings. The van der Waals surface area contributed by atoms with Crippen LogP contribution < -0.4 is 0 Å². The zero-order valence-electron chi connectivity index (χ0n) is 9.28. The molecule has 0 saturated heterocycles. The molecule has 0 amide bonds. The molecule has 2 saturated carbocycles. The lowest BCUT2D eigenvalue weighted by molar-refractivity contribution is -0.194. The van der Waals surface area contributed by atoms with Crippen LogP contribution >= 0.6 is 0 Å². The van der Waals surface area contributed by atoms with Gasteiger partial charge in [-0.05, 0) is 37.5 Å². The Kier molecular flexibility index (Phi) is 3.01. The first kappa shape index (κ1) is 11.9. The Bertz CT molecular complexity index is 272. The second-order valence-corrected chi connectivity index (χ2v) is 5.37. The third-order valence-corrected chi connectivity index (χ3v) is 4.27. The molecule has 1 spiro atoms. The van der Waals surface area contributed by atoms with Crippen molar-refractivity contribution in [1.82, 2.24) is 0 Å². The van der Waals surface area contributed by atoms with E-state index < -0.39 is 12.1 Å². The number of hydrogen-bond donors (Lipinski definition) is 0. The number of carbonyl (C=O) groups is 1. The summed E-state index contributed by atoms with van der Waals surface area (Å²) in [6.07, 6.45) is 0.370. The Morgan fingerprint density at radius 3 is 2.31 bits per heavy atom. The van der Waals surface area contributed by atoms with Gasteiger partial charge in [-0.3, -0.25) is 4.79 Å². The van der Waals surface area contributed by atoms with Gasteiger partial charge >= 0.3 is 6.18 Å². The quantitative estimate of drug-likeness (QED) is 0.621. The zero-order valence-corrected chi connectivity index (χ0v) is 9.28. The van der Waals surface area contributed by atoms with Gasteiger partial charge < -0.3 is 0 Å². The van der Waals surface area contributed by atoms with Gasteiger partial charge in [0, 0.05) is 12.8 Å². The molecule has 1 unspecified atom stereocenters. The van der Waals surface area contributed by atoms with Crippen molar-refractivity contribution in [2.24, 2.45) is 11.3 Å². The minimum Gasteiger partial charge on any atom is -0.300 e. The lowest BCUT2D eigenvalue weighted by Crippen LogP contribution is -2.38. The SMILES string of the molecule is O=C1CCC2(CCCC(C(F)(F)F)C2)CC1. The average Bonchev–Trinajstić information content (AvgIpc) is 2.22. The first-order valence-corrected chi connectivity index (χ1v) is 6.00. The molecule has 0 heterocycles. The van der Waals surface area contributed by atoms with Crippen LogP contribution in [0.25, 0.3) is 0 Å². The highest BCUT2D eigenvalue weighted by Gasteiger charge is 2.48. The van der Waals surface area contributed by atoms with Crippen LogP contribution in [0.3, 0.4) is 0 Å². The van der Waals surface area contributed by atoms with Gasteiger partial charge in [0.1, 0.15) is 5.78 Å². The summed E-state index contributed by atoms with van der Waals surface area (Å²) in [5.74, 6) is -0.908. The van der Waals surface area contributed by atoms with E-state index in [9.17, 15) is 18.0 Å². The molecule has 2 aliphatic rings. The fraction of sp³-hybridized carbons (Fsp3) is 0.917. The van der Waals surface area contributed by atoms with E-state index in [0.29, 0.717) is 32.1 Å². The summed E-state index contributed by atoms with van der Waals surface area (Å²) in [6.45, 7) is 0. The number of hydrogen-bond acceptors (Lipinski definition) is 1. The highest BCUT2D eigenvalue weighted by Crippen LogP contribution is 2.52. The van der Waals surface area contributed by atoms with E-state index in [0.717, 1.165) is 6.42 Å². The molecule has 1 atom stereocenters. The monoisotopic (exact) mass is 234 g/mol. The molecule has 92 valence electrons. The molecule has 1 nitrogen and oxygen atoms in total. The first-order chi connectivity index (χ1) is 7.41. The van der Waals surface area contributed by atoms with Crippen LogP contribution in [0.15, 0.2) is 0 Å². The number of Topliss-reactive ketones (excluding diaryl/α,β-unsaturated/α-hetero) is 1. The minimum absolute atomic E-state index is 0.174. The number of ketones is 1. The van der Waals surface area contributed by atoms with Crippen molar-refractivity contribution in [3.63, 3.8) is 0 Å². The van der Waals surface area contributed by atoms with Crippen molar-refractivity contribution in [3.8, 4) is 0 Å². The van der Waals surface area contributed by atoms with Gasteiger partial charge in [0.2, 0.25) is 0 Å². The predicted octanol–water partition coefficient (Wildman–Crippen LogP) is 3.87. The zero-order chi connectivity index (χ0) is 11.8. The van der Waals surface area contributed by atoms with Crippen LogP contribution in [0.5, 0.6) is 0 Å². The lowest BCUT2D eigenvalue weighted by atomic mass is 9.62. The van der Waals surface area contributed by atoms with E-state index in [2.05, 4.69) is 0 Å². The molecule has 0 aromatic rings. The van der Waals surface area contributed by atoms with Gasteiger partial charge in [-0.1, -0.05) is 6.42 Å². The maximum Gasteiger partial charge on any atom is 0.391 e. The maximum absolute atomic E-state index is 12.7. The highest BCUT2D eigenvalue weighted by molar-refractivity contribution is 5.79. The summed E-state index contributed by atoms with van der Waals surface area (Å²) in [7, 11) is 0. The topological polar surface area (TPSA) is 17.1 Å². The van der Waals surface area contributed by atoms with Crippen LogP contribution in [0.1, 0.15) is 51.4 Å². The number of carbonyl (C=O) groups excluding carboxylic acids is 1. The van der Waals surface area contributed by atoms with E-state index >= 15 is 0 Å². The van der Waals surface area contributed by atoms with Crippen molar-refractivity contribution < 1.29 is 18.0 Å². The predicted molar refractivity (Wildman–Crippen MR) is 53.9 cm³/mol. The van der Waals surface area contributed by atoms with E-state index in [1.165, 1.54) is 0 Å². The third-order valence-electron chi connectivity index (χ3n) is 4.27. The Hall–Kier alpha value is -0.540. The van der Waals surface area contributed by atoms with Gasteiger partial charge in [-0.15, -0.1) is 0 Å². The van der Waals surface area contributed by atoms with Gasteiger partial charge in [0.15, 0.2) is 0 Å². The molecule has 0 aromatic heterocycles. The van der Waals surface area contributed by atoms with Crippen molar-refractivity contribution in [3.05, 3.63) is 0 Å². The van der Waals surface area contributed by atoms with E-state index in [1.54, 1.807) is 0 Å². The maximum atomic E-state index is 12.7. The number of rotatable bonds is 0. The Morgan fingerprint density at radius 2 is 1.75 bits per heavy atom. The second-order valence-electron chi connectivity index (χ2n) is 5.37. The Labute approximate surface area is 93.4 Å². The average molecular weight is 234 g/mol. The molecule has 2 aliphatic carbocycles. The normalized spacial score (nSPS) is 30.7. The summed E-state index contributed by atoms with van der Waals surface area (Å²) >= 11 is 0. The molecular formula is C12H17F3O. The molecule has 0 aromatic carbocycles. The standard InChI is InChI=1S/C12H17F3O/c13-12(14,15)9-2-1-5-11(8-9)6-3-10(16)4-7-11/h9H,1-8H2. The molecule has 4 heteroatoms. The van der Waals surface area contributed by atoms with Crippen molar-refractivity contribution >= 4 is 5.78 Å². The summed E-state index contributed by atoms with van der Waals surface area (Å²) in [4.78, 5) is 11.1.